The van der Waals surface area contributed by atoms with E-state index in [1.165, 1.54) is 0 Å². The molecule has 7 nitrogen and oxygen atoms in total. The second-order valence-corrected chi connectivity index (χ2v) is 7.42. The predicted molar refractivity (Wildman–Crippen MR) is 103 cm³/mol. The molecule has 0 spiro atoms. The number of thiazole rings is 1. The van der Waals surface area contributed by atoms with Crippen LogP contribution >= 0.6 is 11.3 Å². The third-order valence-corrected chi connectivity index (χ3v) is 5.45. The molecule has 0 aliphatic carbocycles. The zero-order valence-electron chi connectivity index (χ0n) is 15.5. The van der Waals surface area contributed by atoms with E-state index in [0.29, 0.717) is 16.4 Å². The van der Waals surface area contributed by atoms with E-state index in [4.69, 9.17) is 5.11 Å². The van der Waals surface area contributed by atoms with Gasteiger partial charge >= 0.3 is 5.97 Å². The minimum absolute atomic E-state index is 0.186. The number of nitrogens with one attached hydrogen (secondary N) is 1. The van der Waals surface area contributed by atoms with Gasteiger partial charge in [0.1, 0.15) is 9.88 Å². The zero-order valence-corrected chi connectivity index (χ0v) is 16.3. The molecule has 8 heteroatoms. The zero-order chi connectivity index (χ0) is 19.7. The second kappa shape index (κ2) is 7.32. The molecule has 0 aliphatic heterocycles. The fraction of sp³-hybridized carbons (Fsp3) is 0.263. The van der Waals surface area contributed by atoms with E-state index < -0.39 is 12.0 Å². The normalized spacial score (nSPS) is 12.0. The largest absolute Gasteiger partial charge is 0.477 e. The van der Waals surface area contributed by atoms with E-state index in [-0.39, 0.29) is 10.8 Å². The number of rotatable bonds is 5. The summed E-state index contributed by atoms with van der Waals surface area (Å²) in [7, 11) is 0. The predicted octanol–water partition coefficient (Wildman–Crippen LogP) is 3.44. The van der Waals surface area contributed by atoms with E-state index in [0.717, 1.165) is 28.3 Å². The molecule has 0 saturated carbocycles. The topological polar surface area (TPSA) is 97.1 Å². The van der Waals surface area contributed by atoms with Crippen LogP contribution in [0.5, 0.6) is 0 Å². The Bertz CT molecular complexity index is 1000. The van der Waals surface area contributed by atoms with Gasteiger partial charge in [-0.05, 0) is 45.9 Å². The van der Waals surface area contributed by atoms with Crippen molar-refractivity contribution in [3.8, 4) is 5.69 Å². The SMILES string of the molecule is Cc1ccc(-n2nc(C(=O)NC(C)c3nc(C)c(C(=O)O)s3)cc2C)cc1. The number of aryl methyl sites for hydroxylation is 3. The van der Waals surface area contributed by atoms with Gasteiger partial charge in [-0.3, -0.25) is 4.79 Å². The smallest absolute Gasteiger partial charge is 0.347 e. The average Bonchev–Trinajstić information content (AvgIpc) is 3.19. The average molecular weight is 384 g/mol. The molecule has 1 unspecified atom stereocenters. The molecule has 1 amide bonds. The van der Waals surface area contributed by atoms with Crippen LogP contribution in [0.3, 0.4) is 0 Å². The lowest BCUT2D eigenvalue weighted by Gasteiger charge is -2.09. The summed E-state index contributed by atoms with van der Waals surface area (Å²) in [4.78, 5) is 28.2. The molecule has 1 atom stereocenters. The number of carboxylic acids is 1. The van der Waals surface area contributed by atoms with Crippen molar-refractivity contribution >= 4 is 23.2 Å². The lowest BCUT2D eigenvalue weighted by molar-refractivity contribution is 0.0701. The van der Waals surface area contributed by atoms with Gasteiger partial charge in [0.05, 0.1) is 17.4 Å². The van der Waals surface area contributed by atoms with Crippen molar-refractivity contribution in [3.05, 3.63) is 62.9 Å². The highest BCUT2D eigenvalue weighted by Crippen LogP contribution is 2.24. The van der Waals surface area contributed by atoms with Gasteiger partial charge in [-0.2, -0.15) is 5.10 Å². The molecule has 2 heterocycles. The highest BCUT2D eigenvalue weighted by molar-refractivity contribution is 7.13. The van der Waals surface area contributed by atoms with Gasteiger partial charge in [-0.15, -0.1) is 11.3 Å². The van der Waals surface area contributed by atoms with E-state index in [9.17, 15) is 9.59 Å². The van der Waals surface area contributed by atoms with Crippen LogP contribution in [0.25, 0.3) is 5.69 Å². The van der Waals surface area contributed by atoms with Crippen molar-refractivity contribution in [2.75, 3.05) is 0 Å². The number of benzene rings is 1. The first kappa shape index (κ1) is 18.8. The lowest BCUT2D eigenvalue weighted by Crippen LogP contribution is -2.27. The van der Waals surface area contributed by atoms with Crippen LogP contribution in [0, 0.1) is 20.8 Å². The summed E-state index contributed by atoms with van der Waals surface area (Å²) in [6.45, 7) is 7.31. The number of amides is 1. The molecule has 0 aliphatic rings. The molecule has 2 aromatic heterocycles. The fourth-order valence-corrected chi connectivity index (χ4v) is 3.57. The lowest BCUT2D eigenvalue weighted by atomic mass is 10.2. The third kappa shape index (κ3) is 3.90. The molecular weight excluding hydrogens is 364 g/mol. The van der Waals surface area contributed by atoms with Crippen molar-refractivity contribution in [2.24, 2.45) is 0 Å². The molecule has 1 aromatic carbocycles. The van der Waals surface area contributed by atoms with Crippen LogP contribution in [0.2, 0.25) is 0 Å². The Morgan fingerprint density at radius 2 is 1.85 bits per heavy atom. The van der Waals surface area contributed by atoms with E-state index in [2.05, 4.69) is 15.4 Å². The minimum Gasteiger partial charge on any atom is -0.477 e. The summed E-state index contributed by atoms with van der Waals surface area (Å²) >= 11 is 1.07. The van der Waals surface area contributed by atoms with E-state index in [1.54, 1.807) is 24.6 Å². The van der Waals surface area contributed by atoms with Crippen LogP contribution < -0.4 is 5.32 Å². The Kier molecular flexibility index (Phi) is 5.09. The van der Waals surface area contributed by atoms with Crippen molar-refractivity contribution in [3.63, 3.8) is 0 Å². The highest BCUT2D eigenvalue weighted by atomic mass is 32.1. The van der Waals surface area contributed by atoms with E-state index >= 15 is 0 Å². The molecule has 0 bridgehead atoms. The monoisotopic (exact) mass is 384 g/mol. The van der Waals surface area contributed by atoms with Gasteiger partial charge in [-0.1, -0.05) is 17.7 Å². The second-order valence-electron chi connectivity index (χ2n) is 6.39. The number of hydrogen-bond acceptors (Lipinski definition) is 5. The Balaban J connectivity index is 1.78. The first-order valence-corrected chi connectivity index (χ1v) is 9.23. The number of nitrogens with zero attached hydrogens (tertiary/aromatic N) is 3. The first-order valence-electron chi connectivity index (χ1n) is 8.41. The van der Waals surface area contributed by atoms with Gasteiger partial charge in [-0.25, -0.2) is 14.5 Å². The molecule has 0 fully saturated rings. The van der Waals surface area contributed by atoms with Crippen LogP contribution in [0.1, 0.15) is 55.1 Å². The standard InChI is InChI=1S/C19H20N4O3S/c1-10-5-7-14(8-6-10)23-11(2)9-15(22-23)17(24)20-13(4)18-21-12(3)16(27-18)19(25)26/h5-9,13H,1-4H3,(H,20,24)(H,25,26). The Labute approximate surface area is 160 Å². The molecule has 0 saturated heterocycles. The molecule has 3 aromatic rings. The summed E-state index contributed by atoms with van der Waals surface area (Å²) in [5, 5.41) is 16.9. The summed E-state index contributed by atoms with van der Waals surface area (Å²) in [5.74, 6) is -1.34. The number of carboxylic acid groups (broad SMARTS) is 1. The first-order chi connectivity index (χ1) is 12.8. The van der Waals surface area contributed by atoms with Gasteiger partial charge < -0.3 is 10.4 Å². The van der Waals surface area contributed by atoms with Crippen molar-refractivity contribution in [2.45, 2.75) is 33.7 Å². The van der Waals surface area contributed by atoms with Crippen LogP contribution in [-0.4, -0.2) is 31.7 Å². The highest BCUT2D eigenvalue weighted by Gasteiger charge is 2.21. The maximum absolute atomic E-state index is 12.6. The Hall–Kier alpha value is -3.00. The van der Waals surface area contributed by atoms with Crippen molar-refractivity contribution in [1.29, 1.82) is 0 Å². The number of aromatic carboxylic acids is 1. The Morgan fingerprint density at radius 1 is 1.19 bits per heavy atom. The number of carbonyl (C=O) groups is 2. The van der Waals surface area contributed by atoms with Gasteiger partial charge in [0.25, 0.3) is 5.91 Å². The van der Waals surface area contributed by atoms with E-state index in [1.807, 2.05) is 38.1 Å². The summed E-state index contributed by atoms with van der Waals surface area (Å²) in [6, 6.07) is 9.18. The quantitative estimate of drug-likeness (QED) is 0.702. The number of hydrogen-bond donors (Lipinski definition) is 2. The minimum atomic E-state index is -1.01. The molecule has 27 heavy (non-hydrogen) atoms. The molecular formula is C19H20N4O3S. The van der Waals surface area contributed by atoms with Crippen molar-refractivity contribution < 1.29 is 14.7 Å². The maximum Gasteiger partial charge on any atom is 0.347 e. The number of carbonyl (C=O) groups excluding carboxylic acids is 1. The number of aromatic nitrogens is 3. The molecule has 0 radical (unpaired) electrons. The molecule has 140 valence electrons. The van der Waals surface area contributed by atoms with Crippen LogP contribution in [0.4, 0.5) is 0 Å². The fourth-order valence-electron chi connectivity index (χ4n) is 2.67. The Morgan fingerprint density at radius 3 is 2.44 bits per heavy atom. The van der Waals surface area contributed by atoms with Crippen molar-refractivity contribution in [1.82, 2.24) is 20.1 Å². The molecule has 3 rings (SSSR count). The van der Waals surface area contributed by atoms with Gasteiger partial charge in [0.15, 0.2) is 5.69 Å². The summed E-state index contributed by atoms with van der Waals surface area (Å²) in [5.41, 5.74) is 3.62. The maximum atomic E-state index is 12.6. The van der Waals surface area contributed by atoms with Crippen LogP contribution in [0.15, 0.2) is 30.3 Å². The summed E-state index contributed by atoms with van der Waals surface area (Å²) in [6.07, 6.45) is 0. The van der Waals surface area contributed by atoms with Gasteiger partial charge in [0.2, 0.25) is 0 Å². The van der Waals surface area contributed by atoms with Crippen LogP contribution in [-0.2, 0) is 0 Å². The molecule has 2 N–H and O–H groups in total. The summed E-state index contributed by atoms with van der Waals surface area (Å²) < 4.78 is 1.72. The van der Waals surface area contributed by atoms with Gasteiger partial charge in [0, 0.05) is 5.69 Å². The third-order valence-electron chi connectivity index (χ3n) is 4.12.